The zero-order chi connectivity index (χ0) is 14.7. The fourth-order valence-corrected chi connectivity index (χ4v) is 2.50. The van der Waals surface area contributed by atoms with Crippen molar-refractivity contribution in [3.8, 4) is 0 Å². The molecule has 0 spiro atoms. The number of nitrogens with two attached hydrogens (primary N) is 1. The first kappa shape index (κ1) is 13.4. The van der Waals surface area contributed by atoms with Crippen LogP contribution in [-0.4, -0.2) is 16.5 Å². The highest BCUT2D eigenvalue weighted by atomic mass is 15.1. The van der Waals surface area contributed by atoms with E-state index in [0.717, 1.165) is 29.7 Å². The first-order valence-electron chi connectivity index (χ1n) is 7.06. The van der Waals surface area contributed by atoms with E-state index in [9.17, 15) is 0 Å². The van der Waals surface area contributed by atoms with Gasteiger partial charge in [0.1, 0.15) is 0 Å². The van der Waals surface area contributed by atoms with E-state index in [1.807, 2.05) is 48.9 Å². The minimum absolute atomic E-state index is 0.740. The van der Waals surface area contributed by atoms with E-state index in [0.29, 0.717) is 0 Å². The third-order valence-electron chi connectivity index (χ3n) is 3.59. The molecule has 1 aromatic carbocycles. The molecule has 2 N–H and O–H groups in total. The summed E-state index contributed by atoms with van der Waals surface area (Å²) in [5.41, 5.74) is 9.94. The number of rotatable bonds is 4. The molecule has 3 aromatic rings. The quantitative estimate of drug-likeness (QED) is 0.744. The first-order valence-corrected chi connectivity index (χ1v) is 7.06. The summed E-state index contributed by atoms with van der Waals surface area (Å²) in [6.07, 6.45) is 5.50. The number of hydrogen-bond acceptors (Lipinski definition) is 4. The third kappa shape index (κ3) is 2.79. The molecule has 4 heteroatoms. The summed E-state index contributed by atoms with van der Waals surface area (Å²) in [5, 5.41) is 1.13. The van der Waals surface area contributed by atoms with Gasteiger partial charge in [0.05, 0.1) is 5.52 Å². The molecule has 2 aromatic heterocycles. The molecule has 0 saturated carbocycles. The van der Waals surface area contributed by atoms with Crippen molar-refractivity contribution >= 4 is 22.3 Å². The van der Waals surface area contributed by atoms with Crippen LogP contribution < -0.4 is 10.6 Å². The van der Waals surface area contributed by atoms with Gasteiger partial charge in [0.25, 0.3) is 0 Å². The smallest absolute Gasteiger partial charge is 0.0743 e. The summed E-state index contributed by atoms with van der Waals surface area (Å²) < 4.78 is 0. The lowest BCUT2D eigenvalue weighted by atomic mass is 10.1. The Balaban J connectivity index is 2.01. The van der Waals surface area contributed by atoms with Gasteiger partial charge < -0.3 is 10.6 Å². The van der Waals surface area contributed by atoms with Crippen LogP contribution in [0.4, 0.5) is 11.4 Å². The fourth-order valence-electron chi connectivity index (χ4n) is 2.50. The standard InChI is InChI=1S/C17H18N4/c1-2-21(12-13-5-8-19-9-6-13)17-7-10-20-16-11-14(18)3-4-15(16)17/h3-11H,2,12,18H2,1H3. The van der Waals surface area contributed by atoms with Crippen LogP contribution in [0.1, 0.15) is 12.5 Å². The van der Waals surface area contributed by atoms with Crippen molar-refractivity contribution in [2.45, 2.75) is 13.5 Å². The highest BCUT2D eigenvalue weighted by Crippen LogP contribution is 2.27. The summed E-state index contributed by atoms with van der Waals surface area (Å²) in [6.45, 7) is 3.93. The molecular weight excluding hydrogens is 260 g/mol. The van der Waals surface area contributed by atoms with Gasteiger partial charge in [-0.05, 0) is 48.9 Å². The average molecular weight is 278 g/mol. The van der Waals surface area contributed by atoms with Gasteiger partial charge in [-0.3, -0.25) is 9.97 Å². The maximum Gasteiger partial charge on any atom is 0.0743 e. The first-order chi connectivity index (χ1) is 10.3. The molecule has 0 unspecified atom stereocenters. The van der Waals surface area contributed by atoms with E-state index < -0.39 is 0 Å². The second-order valence-corrected chi connectivity index (χ2v) is 4.98. The lowest BCUT2D eigenvalue weighted by Gasteiger charge is -2.24. The van der Waals surface area contributed by atoms with Crippen LogP contribution in [0.5, 0.6) is 0 Å². The molecule has 21 heavy (non-hydrogen) atoms. The van der Waals surface area contributed by atoms with Crippen molar-refractivity contribution in [3.63, 3.8) is 0 Å². The van der Waals surface area contributed by atoms with Gasteiger partial charge in [-0.15, -0.1) is 0 Å². The van der Waals surface area contributed by atoms with Crippen molar-refractivity contribution in [2.75, 3.05) is 17.2 Å². The second-order valence-electron chi connectivity index (χ2n) is 4.98. The largest absolute Gasteiger partial charge is 0.399 e. The number of fused-ring (bicyclic) bond motifs is 1. The monoisotopic (exact) mass is 278 g/mol. The molecule has 0 aliphatic rings. The molecule has 3 rings (SSSR count). The molecule has 4 nitrogen and oxygen atoms in total. The van der Waals surface area contributed by atoms with E-state index >= 15 is 0 Å². The molecule has 0 radical (unpaired) electrons. The fraction of sp³-hybridized carbons (Fsp3) is 0.176. The predicted octanol–water partition coefficient (Wildman–Crippen LogP) is 3.24. The maximum atomic E-state index is 5.85. The molecular formula is C17H18N4. The van der Waals surface area contributed by atoms with Crippen LogP contribution in [0.2, 0.25) is 0 Å². The molecule has 106 valence electrons. The number of nitrogen functional groups attached to an aromatic ring is 1. The zero-order valence-electron chi connectivity index (χ0n) is 12.0. The van der Waals surface area contributed by atoms with Gasteiger partial charge in [-0.25, -0.2) is 0 Å². The normalized spacial score (nSPS) is 10.7. The molecule has 0 aliphatic heterocycles. The van der Waals surface area contributed by atoms with E-state index in [2.05, 4.69) is 27.9 Å². The lowest BCUT2D eigenvalue weighted by Crippen LogP contribution is -2.22. The minimum Gasteiger partial charge on any atom is -0.399 e. The summed E-state index contributed by atoms with van der Waals surface area (Å²) in [5.74, 6) is 0. The van der Waals surface area contributed by atoms with Crippen molar-refractivity contribution < 1.29 is 0 Å². The summed E-state index contributed by atoms with van der Waals surface area (Å²) in [4.78, 5) is 10.8. The Kier molecular flexibility index (Phi) is 3.69. The van der Waals surface area contributed by atoms with Gasteiger partial charge >= 0.3 is 0 Å². The Bertz CT molecular complexity index is 740. The Labute approximate surface area is 124 Å². The van der Waals surface area contributed by atoms with E-state index in [4.69, 9.17) is 5.73 Å². The third-order valence-corrected chi connectivity index (χ3v) is 3.59. The number of pyridine rings is 2. The van der Waals surface area contributed by atoms with E-state index in [1.165, 1.54) is 11.3 Å². The SMILES string of the molecule is CCN(Cc1ccncc1)c1ccnc2cc(N)ccc12. The molecule has 0 bridgehead atoms. The second kappa shape index (κ2) is 5.79. The van der Waals surface area contributed by atoms with Gasteiger partial charge in [-0.1, -0.05) is 0 Å². The Hall–Kier alpha value is -2.62. The molecule has 0 aliphatic carbocycles. The van der Waals surface area contributed by atoms with Crippen molar-refractivity contribution in [1.29, 1.82) is 0 Å². The number of anilines is 2. The molecule has 0 atom stereocenters. The Morgan fingerprint density at radius 3 is 2.62 bits per heavy atom. The number of nitrogens with zero attached hydrogens (tertiary/aromatic N) is 3. The summed E-state index contributed by atoms with van der Waals surface area (Å²) in [6, 6.07) is 12.0. The number of benzene rings is 1. The van der Waals surface area contributed by atoms with Gasteiger partial charge in [0, 0.05) is 48.4 Å². The van der Waals surface area contributed by atoms with Crippen LogP contribution in [0.15, 0.2) is 55.0 Å². The number of hydrogen-bond donors (Lipinski definition) is 1. The topological polar surface area (TPSA) is 55.0 Å². The Morgan fingerprint density at radius 2 is 1.86 bits per heavy atom. The molecule has 2 heterocycles. The van der Waals surface area contributed by atoms with Gasteiger partial charge in [0.2, 0.25) is 0 Å². The van der Waals surface area contributed by atoms with E-state index in [1.54, 1.807) is 0 Å². The zero-order valence-corrected chi connectivity index (χ0v) is 12.0. The van der Waals surface area contributed by atoms with Gasteiger partial charge in [-0.2, -0.15) is 0 Å². The molecule has 0 saturated heterocycles. The summed E-state index contributed by atoms with van der Waals surface area (Å²) in [7, 11) is 0. The summed E-state index contributed by atoms with van der Waals surface area (Å²) >= 11 is 0. The highest BCUT2D eigenvalue weighted by molar-refractivity contribution is 5.93. The maximum absolute atomic E-state index is 5.85. The van der Waals surface area contributed by atoms with Crippen LogP contribution >= 0.6 is 0 Å². The van der Waals surface area contributed by atoms with Crippen molar-refractivity contribution in [1.82, 2.24) is 9.97 Å². The lowest BCUT2D eigenvalue weighted by molar-refractivity contribution is 0.833. The van der Waals surface area contributed by atoms with Crippen LogP contribution in [-0.2, 0) is 6.54 Å². The predicted molar refractivity (Wildman–Crippen MR) is 87.1 cm³/mol. The van der Waals surface area contributed by atoms with Crippen molar-refractivity contribution in [3.05, 3.63) is 60.6 Å². The minimum atomic E-state index is 0.740. The van der Waals surface area contributed by atoms with Crippen LogP contribution in [0.3, 0.4) is 0 Å². The average Bonchev–Trinajstić information content (AvgIpc) is 2.53. The highest BCUT2D eigenvalue weighted by Gasteiger charge is 2.10. The van der Waals surface area contributed by atoms with Crippen LogP contribution in [0.25, 0.3) is 10.9 Å². The molecule has 0 amide bonds. The molecule has 0 fully saturated rings. The van der Waals surface area contributed by atoms with E-state index in [-0.39, 0.29) is 0 Å². The van der Waals surface area contributed by atoms with Crippen LogP contribution in [0, 0.1) is 0 Å². The Morgan fingerprint density at radius 1 is 1.05 bits per heavy atom. The van der Waals surface area contributed by atoms with Crippen molar-refractivity contribution in [2.24, 2.45) is 0 Å². The number of aromatic nitrogens is 2. The van der Waals surface area contributed by atoms with Gasteiger partial charge in [0.15, 0.2) is 0 Å².